The summed E-state index contributed by atoms with van der Waals surface area (Å²) >= 11 is 0. The summed E-state index contributed by atoms with van der Waals surface area (Å²) in [7, 11) is 0. The van der Waals surface area contributed by atoms with Crippen LogP contribution in [-0.2, 0) is 0 Å². The van der Waals surface area contributed by atoms with E-state index in [-0.39, 0.29) is 6.04 Å². The van der Waals surface area contributed by atoms with E-state index in [1.165, 1.54) is 11.1 Å². The Labute approximate surface area is 143 Å². The van der Waals surface area contributed by atoms with Crippen molar-refractivity contribution in [3.63, 3.8) is 0 Å². The molecule has 2 atom stereocenters. The van der Waals surface area contributed by atoms with Crippen molar-refractivity contribution in [3.8, 4) is 11.5 Å². The van der Waals surface area contributed by atoms with E-state index in [2.05, 4.69) is 48.2 Å². The van der Waals surface area contributed by atoms with Crippen LogP contribution in [-0.4, -0.2) is 32.3 Å². The van der Waals surface area contributed by atoms with E-state index in [1.807, 2.05) is 6.07 Å². The number of fused-ring (bicyclic) bond motifs is 1. The molecule has 0 bridgehead atoms. The third-order valence-electron chi connectivity index (χ3n) is 4.89. The lowest BCUT2D eigenvalue weighted by Crippen LogP contribution is -2.46. The quantitative estimate of drug-likeness (QED) is 0.922. The molecule has 1 saturated heterocycles. The number of nitrogens with two attached hydrogens (primary N) is 1. The van der Waals surface area contributed by atoms with Gasteiger partial charge in [-0.1, -0.05) is 29.8 Å². The van der Waals surface area contributed by atoms with Crippen LogP contribution in [0.3, 0.4) is 0 Å². The first-order chi connectivity index (χ1) is 11.7. The van der Waals surface area contributed by atoms with Gasteiger partial charge in [-0.25, -0.2) is 0 Å². The molecule has 2 aromatic rings. The third kappa shape index (κ3) is 3.06. The van der Waals surface area contributed by atoms with Gasteiger partial charge < -0.3 is 20.1 Å². The first-order valence-corrected chi connectivity index (χ1v) is 8.66. The molecule has 2 unspecified atom stereocenters. The number of rotatable bonds is 2. The Morgan fingerprint density at radius 1 is 1.00 bits per heavy atom. The van der Waals surface area contributed by atoms with E-state index in [9.17, 15) is 0 Å². The smallest absolute Gasteiger partial charge is 0.163 e. The summed E-state index contributed by atoms with van der Waals surface area (Å²) in [6, 6.07) is 15.2. The highest BCUT2D eigenvalue weighted by Crippen LogP contribution is 2.36. The lowest BCUT2D eigenvalue weighted by atomic mass is 9.87. The van der Waals surface area contributed by atoms with Gasteiger partial charge in [-0.15, -0.1) is 0 Å². The fourth-order valence-electron chi connectivity index (χ4n) is 3.74. The summed E-state index contributed by atoms with van der Waals surface area (Å²) in [5.74, 6) is 2.13. The zero-order valence-electron chi connectivity index (χ0n) is 14.1. The van der Waals surface area contributed by atoms with Crippen LogP contribution in [0.4, 0.5) is 5.69 Å². The van der Waals surface area contributed by atoms with E-state index >= 15 is 0 Å². The van der Waals surface area contributed by atoms with Gasteiger partial charge in [0.15, 0.2) is 11.5 Å². The Balaban J connectivity index is 1.59. The van der Waals surface area contributed by atoms with Crippen LogP contribution >= 0.6 is 0 Å². The zero-order valence-corrected chi connectivity index (χ0v) is 14.1. The average molecular weight is 324 g/mol. The van der Waals surface area contributed by atoms with Crippen molar-refractivity contribution in [2.24, 2.45) is 5.73 Å². The number of piperidine rings is 1. The third-order valence-corrected chi connectivity index (χ3v) is 4.89. The summed E-state index contributed by atoms with van der Waals surface area (Å²) in [6.45, 7) is 5.24. The monoisotopic (exact) mass is 324 g/mol. The minimum Gasteiger partial charge on any atom is -0.486 e. The summed E-state index contributed by atoms with van der Waals surface area (Å²) in [5, 5.41) is 0. The van der Waals surface area contributed by atoms with Gasteiger partial charge >= 0.3 is 0 Å². The standard InChI is InChI=1S/C20H24N2O2/c1-14-3-2-4-15(9-14)16-10-17(21)13-22(12-16)18-5-6-19-20(11-18)24-8-7-23-19/h2-6,9,11,16-17H,7-8,10,12-13,21H2,1H3. The lowest BCUT2D eigenvalue weighted by Gasteiger charge is -2.38. The van der Waals surface area contributed by atoms with E-state index < -0.39 is 0 Å². The first kappa shape index (κ1) is 15.3. The molecule has 1 fully saturated rings. The second-order valence-corrected chi connectivity index (χ2v) is 6.84. The van der Waals surface area contributed by atoms with Crippen LogP contribution in [0.1, 0.15) is 23.5 Å². The molecule has 0 saturated carbocycles. The Morgan fingerprint density at radius 3 is 2.67 bits per heavy atom. The molecular weight excluding hydrogens is 300 g/mol. The van der Waals surface area contributed by atoms with Crippen LogP contribution in [0.2, 0.25) is 0 Å². The van der Waals surface area contributed by atoms with Gasteiger partial charge in [-0.05, 0) is 31.0 Å². The second kappa shape index (κ2) is 6.36. The molecule has 24 heavy (non-hydrogen) atoms. The fourth-order valence-corrected chi connectivity index (χ4v) is 3.74. The number of nitrogens with zero attached hydrogens (tertiary/aromatic N) is 1. The van der Waals surface area contributed by atoms with Crippen LogP contribution in [0.15, 0.2) is 42.5 Å². The topological polar surface area (TPSA) is 47.7 Å². The van der Waals surface area contributed by atoms with E-state index in [0.29, 0.717) is 19.1 Å². The van der Waals surface area contributed by atoms with Crippen molar-refractivity contribution in [2.45, 2.75) is 25.3 Å². The zero-order chi connectivity index (χ0) is 16.5. The average Bonchev–Trinajstić information content (AvgIpc) is 2.61. The predicted molar refractivity (Wildman–Crippen MR) is 96.2 cm³/mol. The minimum atomic E-state index is 0.178. The van der Waals surface area contributed by atoms with Gasteiger partial charge in [-0.3, -0.25) is 0 Å². The van der Waals surface area contributed by atoms with Crippen LogP contribution in [0.5, 0.6) is 11.5 Å². The van der Waals surface area contributed by atoms with Gasteiger partial charge in [0.25, 0.3) is 0 Å². The summed E-state index contributed by atoms with van der Waals surface area (Å²) in [4.78, 5) is 2.37. The largest absolute Gasteiger partial charge is 0.486 e. The second-order valence-electron chi connectivity index (χ2n) is 6.84. The molecule has 0 aromatic heterocycles. The number of anilines is 1. The first-order valence-electron chi connectivity index (χ1n) is 8.66. The predicted octanol–water partition coefficient (Wildman–Crippen LogP) is 3.09. The molecular formula is C20H24N2O2. The van der Waals surface area contributed by atoms with E-state index in [0.717, 1.165) is 36.7 Å². The molecule has 4 rings (SSSR count). The van der Waals surface area contributed by atoms with Crippen molar-refractivity contribution in [3.05, 3.63) is 53.6 Å². The summed E-state index contributed by atoms with van der Waals surface area (Å²) in [5.41, 5.74) is 10.2. The van der Waals surface area contributed by atoms with Crippen LogP contribution < -0.4 is 20.1 Å². The maximum absolute atomic E-state index is 6.37. The summed E-state index contributed by atoms with van der Waals surface area (Å²) in [6.07, 6.45) is 1.03. The highest BCUT2D eigenvalue weighted by molar-refractivity contribution is 5.57. The molecule has 0 amide bonds. The van der Waals surface area contributed by atoms with Crippen molar-refractivity contribution in [2.75, 3.05) is 31.2 Å². The minimum absolute atomic E-state index is 0.178. The molecule has 126 valence electrons. The number of hydrogen-bond acceptors (Lipinski definition) is 4. The lowest BCUT2D eigenvalue weighted by molar-refractivity contribution is 0.171. The SMILES string of the molecule is Cc1cccc(C2CC(N)CN(c3ccc4c(c3)OCCO4)C2)c1. The molecule has 4 nitrogen and oxygen atoms in total. The van der Waals surface area contributed by atoms with E-state index in [4.69, 9.17) is 15.2 Å². The molecule has 2 N–H and O–H groups in total. The van der Waals surface area contributed by atoms with Crippen molar-refractivity contribution >= 4 is 5.69 Å². The highest BCUT2D eigenvalue weighted by Gasteiger charge is 2.27. The molecule has 4 heteroatoms. The number of benzene rings is 2. The maximum Gasteiger partial charge on any atom is 0.163 e. The Hall–Kier alpha value is -2.20. The van der Waals surface area contributed by atoms with Crippen molar-refractivity contribution < 1.29 is 9.47 Å². The molecule has 0 radical (unpaired) electrons. The van der Waals surface area contributed by atoms with E-state index in [1.54, 1.807) is 0 Å². The Morgan fingerprint density at radius 2 is 1.83 bits per heavy atom. The normalized spacial score (nSPS) is 23.2. The van der Waals surface area contributed by atoms with Gasteiger partial charge in [0, 0.05) is 36.8 Å². The van der Waals surface area contributed by atoms with Crippen LogP contribution in [0, 0.1) is 6.92 Å². The Kier molecular flexibility index (Phi) is 4.07. The number of hydrogen-bond donors (Lipinski definition) is 1. The molecule has 2 aliphatic rings. The number of aryl methyl sites for hydroxylation is 1. The fraction of sp³-hybridized carbons (Fsp3) is 0.400. The molecule has 2 aliphatic heterocycles. The summed E-state index contributed by atoms with van der Waals surface area (Å²) < 4.78 is 11.3. The van der Waals surface area contributed by atoms with Gasteiger partial charge in [0.1, 0.15) is 13.2 Å². The highest BCUT2D eigenvalue weighted by atomic mass is 16.6. The van der Waals surface area contributed by atoms with Crippen molar-refractivity contribution in [1.82, 2.24) is 0 Å². The molecule has 0 aliphatic carbocycles. The van der Waals surface area contributed by atoms with Crippen molar-refractivity contribution in [1.29, 1.82) is 0 Å². The van der Waals surface area contributed by atoms with Gasteiger partial charge in [0.2, 0.25) is 0 Å². The number of ether oxygens (including phenoxy) is 2. The maximum atomic E-state index is 6.37. The molecule has 0 spiro atoms. The molecule has 2 aromatic carbocycles. The van der Waals surface area contributed by atoms with Gasteiger partial charge in [0.05, 0.1) is 0 Å². The molecule has 2 heterocycles. The Bertz CT molecular complexity index is 731. The van der Waals surface area contributed by atoms with Crippen LogP contribution in [0.25, 0.3) is 0 Å². The van der Waals surface area contributed by atoms with Gasteiger partial charge in [-0.2, -0.15) is 0 Å².